The molecule has 0 bridgehead atoms. The average molecular weight is 593 g/mol. The van der Waals surface area contributed by atoms with Crippen molar-refractivity contribution >= 4 is 50.7 Å². The summed E-state index contributed by atoms with van der Waals surface area (Å²) >= 11 is 12.2. The van der Waals surface area contributed by atoms with Gasteiger partial charge in [-0.3, -0.25) is 13.9 Å². The maximum absolute atomic E-state index is 14.0. The molecule has 3 rings (SSSR count). The summed E-state index contributed by atoms with van der Waals surface area (Å²) in [7, 11) is -2.37. The second-order valence-corrected chi connectivity index (χ2v) is 11.6. The Kier molecular flexibility index (Phi) is 10.6. The first-order valence-electron chi connectivity index (χ1n) is 12.2. The van der Waals surface area contributed by atoms with Crippen molar-refractivity contribution in [2.75, 3.05) is 30.8 Å². The van der Waals surface area contributed by atoms with Gasteiger partial charge in [-0.1, -0.05) is 65.7 Å². The molecule has 0 heterocycles. The van der Waals surface area contributed by atoms with Gasteiger partial charge in [0, 0.05) is 19.5 Å². The first kappa shape index (κ1) is 30.3. The van der Waals surface area contributed by atoms with Gasteiger partial charge in [-0.2, -0.15) is 0 Å². The van der Waals surface area contributed by atoms with Crippen molar-refractivity contribution in [1.29, 1.82) is 0 Å². The van der Waals surface area contributed by atoms with Crippen LogP contribution < -0.4 is 14.4 Å². The molecule has 3 aromatic carbocycles. The number of nitrogens with one attached hydrogen (secondary N) is 1. The summed E-state index contributed by atoms with van der Waals surface area (Å²) in [6.07, 6.45) is 1.23. The third-order valence-electron chi connectivity index (χ3n) is 5.98. The standard InChI is InChI=1S/C28H31Cl2N3O5S/c1-4-31-28(35)26(16-20-9-6-5-7-10-20)32(18-21-11-8-12-23(15-21)38-2)27(34)19-33(39(3,36)37)22-13-14-24(29)25(30)17-22/h5-15,17,26H,4,16,18-19H2,1-3H3,(H,31,35). The number of methoxy groups -OCH3 is 1. The fourth-order valence-electron chi connectivity index (χ4n) is 4.07. The third kappa shape index (κ3) is 8.36. The third-order valence-corrected chi connectivity index (χ3v) is 7.86. The molecule has 0 saturated carbocycles. The van der Waals surface area contributed by atoms with Crippen LogP contribution in [0.4, 0.5) is 5.69 Å². The van der Waals surface area contributed by atoms with Gasteiger partial charge in [0.1, 0.15) is 18.3 Å². The van der Waals surface area contributed by atoms with Crippen LogP contribution in [0.15, 0.2) is 72.8 Å². The highest BCUT2D eigenvalue weighted by Crippen LogP contribution is 2.29. The maximum Gasteiger partial charge on any atom is 0.244 e. The van der Waals surface area contributed by atoms with Crippen LogP contribution in [0.25, 0.3) is 0 Å². The highest BCUT2D eigenvalue weighted by atomic mass is 35.5. The molecule has 3 aromatic rings. The predicted molar refractivity (Wildman–Crippen MR) is 155 cm³/mol. The maximum atomic E-state index is 14.0. The van der Waals surface area contributed by atoms with Crippen LogP contribution in [0.3, 0.4) is 0 Å². The van der Waals surface area contributed by atoms with Crippen molar-refractivity contribution in [2.45, 2.75) is 25.9 Å². The number of rotatable bonds is 12. The number of anilines is 1. The molecule has 0 aromatic heterocycles. The number of hydrogen-bond acceptors (Lipinski definition) is 5. The number of amides is 2. The molecule has 0 aliphatic carbocycles. The molecule has 1 N–H and O–H groups in total. The lowest BCUT2D eigenvalue weighted by atomic mass is 10.0. The Hall–Kier alpha value is -3.27. The lowest BCUT2D eigenvalue weighted by Gasteiger charge is -2.33. The lowest BCUT2D eigenvalue weighted by molar-refractivity contribution is -0.140. The second kappa shape index (κ2) is 13.7. The number of halogens is 2. The summed E-state index contributed by atoms with van der Waals surface area (Å²) in [5.74, 6) is -0.328. The molecule has 0 spiro atoms. The zero-order valence-electron chi connectivity index (χ0n) is 21.9. The van der Waals surface area contributed by atoms with Crippen molar-refractivity contribution < 1.29 is 22.7 Å². The van der Waals surface area contributed by atoms with Gasteiger partial charge < -0.3 is 15.0 Å². The van der Waals surface area contributed by atoms with Crippen LogP contribution in [0.2, 0.25) is 10.0 Å². The molecule has 1 unspecified atom stereocenters. The van der Waals surface area contributed by atoms with E-state index in [9.17, 15) is 18.0 Å². The summed E-state index contributed by atoms with van der Waals surface area (Å²) in [4.78, 5) is 28.7. The van der Waals surface area contributed by atoms with Crippen LogP contribution in [0.5, 0.6) is 5.75 Å². The molecule has 0 fully saturated rings. The van der Waals surface area contributed by atoms with Crippen molar-refractivity contribution in [3.8, 4) is 5.75 Å². The van der Waals surface area contributed by atoms with E-state index in [0.29, 0.717) is 17.9 Å². The average Bonchev–Trinajstić information content (AvgIpc) is 2.91. The summed E-state index contributed by atoms with van der Waals surface area (Å²) in [5.41, 5.74) is 1.74. The number of ether oxygens (including phenoxy) is 1. The molecule has 39 heavy (non-hydrogen) atoms. The Labute approximate surface area is 239 Å². The van der Waals surface area contributed by atoms with Gasteiger partial charge in [0.05, 0.1) is 29.1 Å². The van der Waals surface area contributed by atoms with Crippen molar-refractivity contribution in [3.05, 3.63) is 94.0 Å². The van der Waals surface area contributed by atoms with Gasteiger partial charge in [-0.15, -0.1) is 0 Å². The summed E-state index contributed by atoms with van der Waals surface area (Å²) in [5, 5.41) is 3.21. The molecule has 2 amide bonds. The van der Waals surface area contributed by atoms with Crippen molar-refractivity contribution in [3.63, 3.8) is 0 Å². The van der Waals surface area contributed by atoms with E-state index in [1.165, 1.54) is 30.2 Å². The van der Waals surface area contributed by atoms with E-state index in [-0.39, 0.29) is 34.6 Å². The predicted octanol–water partition coefficient (Wildman–Crippen LogP) is 4.54. The van der Waals surface area contributed by atoms with Crippen molar-refractivity contribution in [1.82, 2.24) is 10.2 Å². The SMILES string of the molecule is CCNC(=O)C(Cc1ccccc1)N(Cc1cccc(OC)c1)C(=O)CN(c1ccc(Cl)c(Cl)c1)S(C)(=O)=O. The van der Waals surface area contributed by atoms with E-state index in [2.05, 4.69) is 5.32 Å². The molecular weight excluding hydrogens is 561 g/mol. The Balaban J connectivity index is 2.06. The number of likely N-dealkylation sites (N-methyl/N-ethyl adjacent to an activating group) is 1. The van der Waals surface area contributed by atoms with Gasteiger partial charge in [0.15, 0.2) is 0 Å². The molecular formula is C28H31Cl2N3O5S. The minimum atomic E-state index is -3.91. The Morgan fingerprint density at radius 2 is 1.64 bits per heavy atom. The zero-order chi connectivity index (χ0) is 28.6. The van der Waals surface area contributed by atoms with Gasteiger partial charge >= 0.3 is 0 Å². The molecule has 0 radical (unpaired) electrons. The van der Waals surface area contributed by atoms with Crippen molar-refractivity contribution in [2.24, 2.45) is 0 Å². The van der Waals surface area contributed by atoms with Gasteiger partial charge in [-0.05, 0) is 48.4 Å². The molecule has 0 aliphatic rings. The fraction of sp³-hybridized carbons (Fsp3) is 0.286. The van der Waals surface area contributed by atoms with Gasteiger partial charge in [-0.25, -0.2) is 8.42 Å². The summed E-state index contributed by atoms with van der Waals surface area (Å²) in [6, 6.07) is 19.9. The van der Waals surface area contributed by atoms with Gasteiger partial charge in [0.2, 0.25) is 21.8 Å². The van der Waals surface area contributed by atoms with Crippen LogP contribution in [0, 0.1) is 0 Å². The minimum absolute atomic E-state index is 0.0453. The molecule has 208 valence electrons. The largest absolute Gasteiger partial charge is 0.497 e. The smallest absolute Gasteiger partial charge is 0.244 e. The first-order valence-corrected chi connectivity index (χ1v) is 14.8. The topological polar surface area (TPSA) is 96.0 Å². The lowest BCUT2D eigenvalue weighted by Crippen LogP contribution is -2.53. The Morgan fingerprint density at radius 3 is 2.26 bits per heavy atom. The molecule has 8 nitrogen and oxygen atoms in total. The van der Waals surface area contributed by atoms with E-state index in [1.54, 1.807) is 25.1 Å². The van der Waals surface area contributed by atoms with E-state index >= 15 is 0 Å². The van der Waals surface area contributed by atoms with E-state index in [4.69, 9.17) is 27.9 Å². The van der Waals surface area contributed by atoms with E-state index < -0.39 is 28.5 Å². The molecule has 0 aliphatic heterocycles. The van der Waals surface area contributed by atoms with E-state index in [0.717, 1.165) is 16.1 Å². The minimum Gasteiger partial charge on any atom is -0.497 e. The van der Waals surface area contributed by atoms with Crippen LogP contribution in [-0.4, -0.2) is 57.6 Å². The number of carbonyl (C=O) groups is 2. The Bertz CT molecular complexity index is 1400. The van der Waals surface area contributed by atoms with Crippen LogP contribution >= 0.6 is 23.2 Å². The molecule has 1 atom stereocenters. The molecule has 0 saturated heterocycles. The zero-order valence-corrected chi connectivity index (χ0v) is 24.3. The number of benzene rings is 3. The van der Waals surface area contributed by atoms with Crippen LogP contribution in [0.1, 0.15) is 18.1 Å². The van der Waals surface area contributed by atoms with Crippen LogP contribution in [-0.2, 0) is 32.6 Å². The first-order chi connectivity index (χ1) is 18.5. The van der Waals surface area contributed by atoms with Gasteiger partial charge in [0.25, 0.3) is 0 Å². The summed E-state index contributed by atoms with van der Waals surface area (Å²) in [6.45, 7) is 1.65. The van der Waals surface area contributed by atoms with E-state index in [1.807, 2.05) is 36.4 Å². The number of hydrogen-bond donors (Lipinski definition) is 1. The summed E-state index contributed by atoms with van der Waals surface area (Å²) < 4.78 is 31.9. The number of sulfonamides is 1. The number of nitrogens with zero attached hydrogens (tertiary/aromatic N) is 2. The highest BCUT2D eigenvalue weighted by Gasteiger charge is 2.33. The number of carbonyl (C=O) groups excluding carboxylic acids is 2. The normalized spacial score (nSPS) is 11.9. The highest BCUT2D eigenvalue weighted by molar-refractivity contribution is 7.92. The second-order valence-electron chi connectivity index (χ2n) is 8.84. The monoisotopic (exact) mass is 591 g/mol. The fourth-order valence-corrected chi connectivity index (χ4v) is 5.20. The quantitative estimate of drug-likeness (QED) is 0.333. The Morgan fingerprint density at radius 1 is 0.949 bits per heavy atom. The molecule has 11 heteroatoms.